The highest BCUT2D eigenvalue weighted by Gasteiger charge is 2.31. The number of carbonyl (C=O) groups is 2. The van der Waals surface area contributed by atoms with Crippen molar-refractivity contribution in [1.29, 1.82) is 0 Å². The van der Waals surface area contributed by atoms with Crippen molar-refractivity contribution in [1.82, 2.24) is 4.98 Å². The van der Waals surface area contributed by atoms with Crippen LogP contribution in [-0.4, -0.2) is 22.8 Å². The number of carbonyl (C=O) groups excluding carboxylic acids is 2. The molecule has 2 heterocycles. The van der Waals surface area contributed by atoms with Crippen LogP contribution >= 0.6 is 11.3 Å². The second kappa shape index (κ2) is 7.56. The van der Waals surface area contributed by atoms with Crippen molar-refractivity contribution in [2.75, 3.05) is 0 Å². The summed E-state index contributed by atoms with van der Waals surface area (Å²) >= 11 is 1.69. The van der Waals surface area contributed by atoms with Gasteiger partial charge in [-0.1, -0.05) is 24.3 Å². The average Bonchev–Trinajstić information content (AvgIpc) is 3.38. The van der Waals surface area contributed by atoms with Crippen LogP contribution < -0.4 is 0 Å². The molecule has 1 aromatic carbocycles. The first-order chi connectivity index (χ1) is 14.2. The SMILES string of the molecule is O=C(O[C@@H]1CCCCC1=O)c1c2c(nc3ccccc13)/C(=C/c1cccs1)CC2. The van der Waals surface area contributed by atoms with Gasteiger partial charge in [-0.2, -0.15) is 0 Å². The highest BCUT2D eigenvalue weighted by atomic mass is 32.1. The molecule has 5 heteroatoms. The monoisotopic (exact) mass is 403 g/mol. The van der Waals surface area contributed by atoms with Crippen LogP contribution in [0.15, 0.2) is 41.8 Å². The molecular weight excluding hydrogens is 382 g/mol. The van der Waals surface area contributed by atoms with Crippen molar-refractivity contribution < 1.29 is 14.3 Å². The van der Waals surface area contributed by atoms with E-state index in [2.05, 4.69) is 17.5 Å². The van der Waals surface area contributed by atoms with Crippen LogP contribution in [0.2, 0.25) is 0 Å². The minimum absolute atomic E-state index is 0.0397. The van der Waals surface area contributed by atoms with Gasteiger partial charge in [-0.05, 0) is 66.8 Å². The topological polar surface area (TPSA) is 56.3 Å². The molecule has 5 rings (SSSR count). The van der Waals surface area contributed by atoms with E-state index in [1.165, 1.54) is 4.88 Å². The van der Waals surface area contributed by atoms with Crippen molar-refractivity contribution in [3.63, 3.8) is 0 Å². The molecule has 1 fully saturated rings. The van der Waals surface area contributed by atoms with E-state index < -0.39 is 12.1 Å². The molecule has 146 valence electrons. The molecule has 2 aromatic heterocycles. The smallest absolute Gasteiger partial charge is 0.339 e. The lowest BCUT2D eigenvalue weighted by atomic mass is 9.96. The van der Waals surface area contributed by atoms with E-state index in [4.69, 9.17) is 9.72 Å². The second-order valence-corrected chi connectivity index (χ2v) is 8.60. The van der Waals surface area contributed by atoms with Crippen molar-refractivity contribution >= 4 is 45.6 Å². The molecular formula is C24H21NO3S. The molecule has 0 saturated heterocycles. The largest absolute Gasteiger partial charge is 0.451 e. The Bertz CT molecular complexity index is 1130. The summed E-state index contributed by atoms with van der Waals surface area (Å²) in [6.45, 7) is 0. The zero-order valence-corrected chi connectivity index (χ0v) is 16.8. The maximum absolute atomic E-state index is 13.2. The number of benzene rings is 1. The average molecular weight is 404 g/mol. The Morgan fingerprint density at radius 1 is 1.10 bits per heavy atom. The third-order valence-electron chi connectivity index (χ3n) is 5.75. The van der Waals surface area contributed by atoms with Crippen LogP contribution in [0.4, 0.5) is 0 Å². The van der Waals surface area contributed by atoms with Gasteiger partial charge in [0.25, 0.3) is 0 Å². The Kier molecular flexibility index (Phi) is 4.76. The summed E-state index contributed by atoms with van der Waals surface area (Å²) in [5.74, 6) is -0.352. The van der Waals surface area contributed by atoms with E-state index in [1.807, 2.05) is 30.3 Å². The summed E-state index contributed by atoms with van der Waals surface area (Å²) < 4.78 is 5.73. The molecule has 0 radical (unpaired) electrons. The fourth-order valence-electron chi connectivity index (χ4n) is 4.32. The van der Waals surface area contributed by atoms with E-state index in [0.717, 1.165) is 53.4 Å². The Hall–Kier alpha value is -2.79. The van der Waals surface area contributed by atoms with Gasteiger partial charge in [0.2, 0.25) is 0 Å². The van der Waals surface area contributed by atoms with Crippen LogP contribution in [0.1, 0.15) is 58.6 Å². The summed E-state index contributed by atoms with van der Waals surface area (Å²) in [5, 5.41) is 2.86. The van der Waals surface area contributed by atoms with Gasteiger partial charge < -0.3 is 4.74 Å². The van der Waals surface area contributed by atoms with Crippen LogP contribution in [0.3, 0.4) is 0 Å². The number of para-hydroxylation sites is 1. The number of pyridine rings is 1. The molecule has 2 aliphatic carbocycles. The zero-order valence-electron chi connectivity index (χ0n) is 16.0. The van der Waals surface area contributed by atoms with Crippen molar-refractivity contribution in [3.8, 4) is 0 Å². The van der Waals surface area contributed by atoms with E-state index in [-0.39, 0.29) is 5.78 Å². The summed E-state index contributed by atoms with van der Waals surface area (Å²) in [7, 11) is 0. The number of fused-ring (bicyclic) bond motifs is 2. The number of ketones is 1. The predicted octanol–water partition coefficient (Wildman–Crippen LogP) is 5.45. The van der Waals surface area contributed by atoms with Crippen LogP contribution in [0, 0.1) is 0 Å². The van der Waals surface area contributed by atoms with Gasteiger partial charge in [0.15, 0.2) is 11.9 Å². The number of esters is 1. The minimum atomic E-state index is -0.610. The van der Waals surface area contributed by atoms with Crippen LogP contribution in [0.25, 0.3) is 22.6 Å². The van der Waals surface area contributed by atoms with E-state index in [1.54, 1.807) is 11.3 Å². The fourth-order valence-corrected chi connectivity index (χ4v) is 5.00. The number of hydrogen-bond acceptors (Lipinski definition) is 5. The number of thiophene rings is 1. The normalized spacial score (nSPS) is 20.2. The quantitative estimate of drug-likeness (QED) is 0.546. The summed E-state index contributed by atoms with van der Waals surface area (Å²) in [6.07, 6.45) is 6.09. The summed E-state index contributed by atoms with van der Waals surface area (Å²) in [4.78, 5) is 31.5. The van der Waals surface area contributed by atoms with Gasteiger partial charge in [0.1, 0.15) is 0 Å². The number of allylic oxidation sites excluding steroid dienone is 1. The Morgan fingerprint density at radius 3 is 2.83 bits per heavy atom. The molecule has 0 spiro atoms. The number of rotatable bonds is 3. The molecule has 0 aliphatic heterocycles. The first kappa shape index (κ1) is 18.3. The number of hydrogen-bond donors (Lipinski definition) is 0. The molecule has 0 N–H and O–H groups in total. The lowest BCUT2D eigenvalue weighted by molar-refractivity contribution is -0.129. The Labute approximate surface area is 173 Å². The summed E-state index contributed by atoms with van der Waals surface area (Å²) in [5.41, 5.74) is 4.35. The highest BCUT2D eigenvalue weighted by Crippen LogP contribution is 2.38. The number of nitrogens with zero attached hydrogens (tertiary/aromatic N) is 1. The molecule has 1 atom stereocenters. The maximum atomic E-state index is 13.2. The first-order valence-corrected chi connectivity index (χ1v) is 11.0. The summed E-state index contributed by atoms with van der Waals surface area (Å²) in [6, 6.07) is 11.8. The maximum Gasteiger partial charge on any atom is 0.339 e. The molecule has 2 aliphatic rings. The molecule has 3 aromatic rings. The number of aromatic nitrogens is 1. The zero-order chi connectivity index (χ0) is 19.8. The lowest BCUT2D eigenvalue weighted by Gasteiger charge is -2.21. The lowest BCUT2D eigenvalue weighted by Crippen LogP contribution is -2.30. The molecule has 29 heavy (non-hydrogen) atoms. The predicted molar refractivity (Wildman–Crippen MR) is 115 cm³/mol. The van der Waals surface area contributed by atoms with Crippen molar-refractivity contribution in [3.05, 3.63) is 63.5 Å². The Morgan fingerprint density at radius 2 is 2.00 bits per heavy atom. The van der Waals surface area contributed by atoms with Gasteiger partial charge in [0, 0.05) is 16.7 Å². The molecule has 1 saturated carbocycles. The minimum Gasteiger partial charge on any atom is -0.451 e. The van der Waals surface area contributed by atoms with Crippen LogP contribution in [0.5, 0.6) is 0 Å². The molecule has 0 amide bonds. The third-order valence-corrected chi connectivity index (χ3v) is 6.57. The van der Waals surface area contributed by atoms with Gasteiger partial charge in [0.05, 0.1) is 16.8 Å². The van der Waals surface area contributed by atoms with Crippen molar-refractivity contribution in [2.45, 2.75) is 44.6 Å². The number of Topliss-reactive ketones (excluding diaryl/α,β-unsaturated/α-hetero) is 1. The highest BCUT2D eigenvalue weighted by molar-refractivity contribution is 7.10. The molecule has 0 bridgehead atoms. The van der Waals surface area contributed by atoms with Gasteiger partial charge in [-0.15, -0.1) is 11.3 Å². The van der Waals surface area contributed by atoms with E-state index >= 15 is 0 Å². The molecule has 4 nitrogen and oxygen atoms in total. The van der Waals surface area contributed by atoms with Crippen molar-refractivity contribution in [2.24, 2.45) is 0 Å². The standard InChI is InChI=1S/C24H21NO3S/c26-20-9-3-4-10-21(20)28-24(27)22-17-7-1-2-8-19(17)25-23-15(11-12-18(22)23)14-16-6-5-13-29-16/h1-2,5-8,13-14,21H,3-4,9-12H2/b15-14+/t21-/m1/s1. The van der Waals surface area contributed by atoms with E-state index in [9.17, 15) is 9.59 Å². The van der Waals surface area contributed by atoms with E-state index in [0.29, 0.717) is 18.4 Å². The first-order valence-electron chi connectivity index (χ1n) is 10.1. The second-order valence-electron chi connectivity index (χ2n) is 7.62. The Balaban J connectivity index is 1.59. The van der Waals surface area contributed by atoms with Gasteiger partial charge >= 0.3 is 5.97 Å². The molecule has 0 unspecified atom stereocenters. The number of ether oxygens (including phenoxy) is 1. The van der Waals surface area contributed by atoms with Gasteiger partial charge in [-0.25, -0.2) is 9.78 Å². The van der Waals surface area contributed by atoms with Crippen LogP contribution in [-0.2, 0) is 16.0 Å². The van der Waals surface area contributed by atoms with Gasteiger partial charge in [-0.3, -0.25) is 4.79 Å². The fraction of sp³-hybridized carbons (Fsp3) is 0.292. The third kappa shape index (κ3) is 3.40.